The molecule has 2 rings (SSSR count). The number of anilines is 1. The summed E-state index contributed by atoms with van der Waals surface area (Å²) in [5, 5.41) is 11.7. The number of hydrogen-bond donors (Lipinski definition) is 2. The molecule has 20 heavy (non-hydrogen) atoms. The Kier molecular flexibility index (Phi) is 5.38. The highest BCUT2D eigenvalue weighted by Gasteiger charge is 2.02. The molecule has 1 heterocycles. The highest BCUT2D eigenvalue weighted by atomic mass is 35.5. The Morgan fingerprint density at radius 2 is 2.20 bits per heavy atom. The quantitative estimate of drug-likeness (QED) is 0.833. The number of nitrogens with zero attached hydrogens (tertiary/aromatic N) is 2. The number of aromatic nitrogens is 2. The molecule has 0 spiro atoms. The van der Waals surface area contributed by atoms with Gasteiger partial charge in [0.05, 0.1) is 17.8 Å². The zero-order valence-electron chi connectivity index (χ0n) is 11.3. The summed E-state index contributed by atoms with van der Waals surface area (Å²) < 4.78 is 1.78. The van der Waals surface area contributed by atoms with E-state index in [-0.39, 0.29) is 0 Å². The molecule has 0 bridgehead atoms. The van der Waals surface area contributed by atoms with E-state index in [4.69, 9.17) is 23.8 Å². The first kappa shape index (κ1) is 14.8. The molecular weight excluding hydrogens is 292 g/mol. The average molecular weight is 309 g/mol. The van der Waals surface area contributed by atoms with E-state index in [0.29, 0.717) is 23.2 Å². The van der Waals surface area contributed by atoms with Crippen molar-refractivity contribution in [3.63, 3.8) is 0 Å². The number of aryl methyl sites for hydroxylation is 1. The Morgan fingerprint density at radius 3 is 2.90 bits per heavy atom. The molecule has 2 N–H and O–H groups in total. The van der Waals surface area contributed by atoms with Crippen LogP contribution in [-0.4, -0.2) is 21.4 Å². The number of para-hydroxylation sites is 1. The fourth-order valence-corrected chi connectivity index (χ4v) is 2.23. The van der Waals surface area contributed by atoms with Crippen LogP contribution in [0.5, 0.6) is 0 Å². The number of nitrogens with one attached hydrogen (secondary N) is 2. The minimum absolute atomic E-state index is 0.615. The monoisotopic (exact) mass is 308 g/mol. The van der Waals surface area contributed by atoms with Gasteiger partial charge in [0.2, 0.25) is 0 Å². The molecule has 0 aliphatic heterocycles. The maximum atomic E-state index is 5.80. The molecule has 0 atom stereocenters. The van der Waals surface area contributed by atoms with E-state index in [2.05, 4.69) is 28.7 Å². The fourth-order valence-electron chi connectivity index (χ4n) is 1.86. The van der Waals surface area contributed by atoms with Gasteiger partial charge in [0.15, 0.2) is 5.11 Å². The molecular formula is C14H17ClN4S. The summed E-state index contributed by atoms with van der Waals surface area (Å²) in [4.78, 5) is 0. The van der Waals surface area contributed by atoms with Gasteiger partial charge in [-0.15, -0.1) is 0 Å². The Hall–Kier alpha value is -1.59. The van der Waals surface area contributed by atoms with Gasteiger partial charge in [-0.1, -0.05) is 36.7 Å². The van der Waals surface area contributed by atoms with Crippen molar-refractivity contribution in [3.05, 3.63) is 47.2 Å². The van der Waals surface area contributed by atoms with Gasteiger partial charge in [-0.25, -0.2) is 0 Å². The summed E-state index contributed by atoms with van der Waals surface area (Å²) in [6, 6.07) is 8.15. The number of benzene rings is 1. The van der Waals surface area contributed by atoms with E-state index in [9.17, 15) is 0 Å². The van der Waals surface area contributed by atoms with Gasteiger partial charge in [-0.3, -0.25) is 4.68 Å². The number of rotatable bonds is 5. The number of hydrogen-bond acceptors (Lipinski definition) is 2. The summed E-state index contributed by atoms with van der Waals surface area (Å²) in [5.74, 6) is 0. The Labute approximate surface area is 129 Å². The minimum Gasteiger partial charge on any atom is -0.361 e. The first-order valence-corrected chi connectivity index (χ1v) is 7.28. The summed E-state index contributed by atoms with van der Waals surface area (Å²) in [5.41, 5.74) is 2.30. The second kappa shape index (κ2) is 7.26. The zero-order chi connectivity index (χ0) is 14.4. The van der Waals surface area contributed by atoms with Crippen LogP contribution in [0.25, 0.3) is 0 Å². The smallest absolute Gasteiger partial charge is 0.170 e. The van der Waals surface area contributed by atoms with Gasteiger partial charge in [0.1, 0.15) is 0 Å². The van der Waals surface area contributed by atoms with E-state index in [1.807, 2.05) is 18.2 Å². The van der Waals surface area contributed by atoms with Crippen molar-refractivity contribution in [1.29, 1.82) is 0 Å². The lowest BCUT2D eigenvalue weighted by molar-refractivity contribution is 0.604. The molecule has 0 radical (unpaired) electrons. The van der Waals surface area contributed by atoms with Crippen LogP contribution in [0.2, 0.25) is 5.02 Å². The molecule has 106 valence electrons. The largest absolute Gasteiger partial charge is 0.361 e. The fraction of sp³-hybridized carbons (Fsp3) is 0.286. The molecule has 0 aliphatic rings. The van der Waals surface area contributed by atoms with Crippen molar-refractivity contribution in [2.45, 2.75) is 19.9 Å². The molecule has 0 unspecified atom stereocenters. The van der Waals surface area contributed by atoms with E-state index in [1.165, 1.54) is 5.56 Å². The summed E-state index contributed by atoms with van der Waals surface area (Å²) >= 11 is 11.1. The number of thiocarbonyl (C=S) groups is 1. The van der Waals surface area contributed by atoms with Crippen LogP contribution in [-0.2, 0) is 13.0 Å². The summed E-state index contributed by atoms with van der Waals surface area (Å²) in [6.07, 6.45) is 4.37. The maximum Gasteiger partial charge on any atom is 0.170 e. The maximum absolute atomic E-state index is 5.80. The zero-order valence-corrected chi connectivity index (χ0v) is 12.8. The van der Waals surface area contributed by atoms with Crippen LogP contribution in [0.15, 0.2) is 36.7 Å². The molecule has 0 amide bonds. The minimum atomic E-state index is 0.615. The summed E-state index contributed by atoms with van der Waals surface area (Å²) in [7, 11) is 0. The van der Waals surface area contributed by atoms with Crippen molar-refractivity contribution in [2.24, 2.45) is 0 Å². The third kappa shape index (κ3) is 4.21. The van der Waals surface area contributed by atoms with Crippen LogP contribution in [0.3, 0.4) is 0 Å². The first-order chi connectivity index (χ1) is 9.69. The third-order valence-corrected chi connectivity index (χ3v) is 3.32. The molecule has 0 fully saturated rings. The van der Waals surface area contributed by atoms with E-state index in [1.54, 1.807) is 17.1 Å². The number of halogens is 1. The average Bonchev–Trinajstić information content (AvgIpc) is 2.85. The van der Waals surface area contributed by atoms with Gasteiger partial charge in [0.25, 0.3) is 0 Å². The summed E-state index contributed by atoms with van der Waals surface area (Å²) in [6.45, 7) is 3.53. The molecule has 0 aliphatic carbocycles. The Bertz CT molecular complexity index is 582. The van der Waals surface area contributed by atoms with Crippen LogP contribution < -0.4 is 10.6 Å². The van der Waals surface area contributed by atoms with Crippen molar-refractivity contribution in [1.82, 2.24) is 15.1 Å². The normalized spacial score (nSPS) is 10.3. The van der Waals surface area contributed by atoms with E-state index < -0.39 is 0 Å². The van der Waals surface area contributed by atoms with Gasteiger partial charge in [0, 0.05) is 18.4 Å². The lowest BCUT2D eigenvalue weighted by atomic mass is 10.1. The standard InChI is InChI=1S/C14H17ClN4S/c1-2-11-5-3-4-6-13(11)18-14(20)16-7-8-19-10-12(15)9-17-19/h3-6,9-10H,2,7-8H2,1H3,(H2,16,18,20). The van der Waals surface area contributed by atoms with E-state index >= 15 is 0 Å². The van der Waals surface area contributed by atoms with Crippen molar-refractivity contribution in [2.75, 3.05) is 11.9 Å². The molecule has 0 saturated heterocycles. The Morgan fingerprint density at radius 1 is 1.40 bits per heavy atom. The highest BCUT2D eigenvalue weighted by molar-refractivity contribution is 7.80. The second-order valence-corrected chi connectivity index (χ2v) is 5.16. The third-order valence-electron chi connectivity index (χ3n) is 2.87. The van der Waals surface area contributed by atoms with Gasteiger partial charge < -0.3 is 10.6 Å². The lowest BCUT2D eigenvalue weighted by Crippen LogP contribution is -2.31. The first-order valence-electron chi connectivity index (χ1n) is 6.49. The van der Waals surface area contributed by atoms with Crippen molar-refractivity contribution in [3.8, 4) is 0 Å². The predicted octanol–water partition coefficient (Wildman–Crippen LogP) is 3.09. The lowest BCUT2D eigenvalue weighted by Gasteiger charge is -2.13. The van der Waals surface area contributed by atoms with Gasteiger partial charge in [-0.05, 0) is 30.3 Å². The van der Waals surface area contributed by atoms with Crippen molar-refractivity contribution >= 4 is 34.6 Å². The molecule has 2 aromatic rings. The topological polar surface area (TPSA) is 41.9 Å². The van der Waals surface area contributed by atoms with E-state index in [0.717, 1.165) is 12.1 Å². The molecule has 1 aromatic carbocycles. The molecule has 6 heteroatoms. The van der Waals surface area contributed by atoms with Crippen LogP contribution >= 0.6 is 23.8 Å². The van der Waals surface area contributed by atoms with Crippen LogP contribution in [0, 0.1) is 0 Å². The second-order valence-electron chi connectivity index (χ2n) is 4.31. The van der Waals surface area contributed by atoms with Crippen molar-refractivity contribution < 1.29 is 0 Å². The molecule has 1 aromatic heterocycles. The van der Waals surface area contributed by atoms with Gasteiger partial charge >= 0.3 is 0 Å². The SMILES string of the molecule is CCc1ccccc1NC(=S)NCCn1cc(Cl)cn1. The van der Waals surface area contributed by atoms with Gasteiger partial charge in [-0.2, -0.15) is 5.10 Å². The van der Waals surface area contributed by atoms with Crippen LogP contribution in [0.1, 0.15) is 12.5 Å². The Balaban J connectivity index is 1.80. The van der Waals surface area contributed by atoms with Crippen LogP contribution in [0.4, 0.5) is 5.69 Å². The predicted molar refractivity (Wildman–Crippen MR) is 87.3 cm³/mol. The molecule has 4 nitrogen and oxygen atoms in total. The highest BCUT2D eigenvalue weighted by Crippen LogP contribution is 2.15. The molecule has 0 saturated carbocycles.